The molecule has 3 heteroatoms. The molecule has 2 aliphatic rings. The van der Waals surface area contributed by atoms with Crippen LogP contribution in [-0.4, -0.2) is 9.97 Å². The van der Waals surface area contributed by atoms with Crippen molar-refractivity contribution in [3.8, 4) is 33.6 Å². The van der Waals surface area contributed by atoms with Gasteiger partial charge in [-0.05, 0) is 45.0 Å². The van der Waals surface area contributed by atoms with Crippen LogP contribution in [0.1, 0.15) is 47.4 Å². The van der Waals surface area contributed by atoms with Gasteiger partial charge in [0, 0.05) is 16.5 Å². The van der Waals surface area contributed by atoms with E-state index < -0.39 is 5.41 Å². The number of hydrogen-bond acceptors (Lipinski definition) is 2. The molecular weight excluding hydrogens is 520 g/mol. The predicted octanol–water partition coefficient (Wildman–Crippen LogP) is 9.47. The van der Waals surface area contributed by atoms with Gasteiger partial charge in [0.15, 0.2) is 5.15 Å². The zero-order valence-corrected chi connectivity index (χ0v) is 23.7. The average Bonchev–Trinajstić information content (AvgIpc) is 3.43. The topological polar surface area (TPSA) is 25.8 Å². The molecule has 0 spiro atoms. The molecule has 0 radical (unpaired) electrons. The van der Waals surface area contributed by atoms with Crippen LogP contribution in [0.5, 0.6) is 0 Å². The molecule has 8 rings (SSSR count). The molecule has 2 nitrogen and oxygen atoms in total. The van der Waals surface area contributed by atoms with Gasteiger partial charge in [-0.1, -0.05) is 147 Å². The molecule has 0 bridgehead atoms. The highest BCUT2D eigenvalue weighted by Crippen LogP contribution is 2.57. The van der Waals surface area contributed by atoms with Crippen LogP contribution < -0.4 is 0 Å². The zero-order valence-electron chi connectivity index (χ0n) is 22.9. The van der Waals surface area contributed by atoms with Gasteiger partial charge in [0.25, 0.3) is 0 Å². The van der Waals surface area contributed by atoms with Gasteiger partial charge in [-0.3, -0.25) is 0 Å². The van der Waals surface area contributed by atoms with Crippen molar-refractivity contribution in [2.75, 3.05) is 0 Å². The lowest BCUT2D eigenvalue weighted by Gasteiger charge is -2.34. The first-order valence-electron chi connectivity index (χ1n) is 14.0. The molecule has 0 saturated carbocycles. The first-order valence-corrected chi connectivity index (χ1v) is 14.4. The summed E-state index contributed by atoms with van der Waals surface area (Å²) in [5.74, 6) is 0. The molecular formula is C38H27ClN2. The first-order chi connectivity index (χ1) is 20.0. The highest BCUT2D eigenvalue weighted by Gasteiger charge is 2.46. The average molecular weight is 547 g/mol. The highest BCUT2D eigenvalue weighted by atomic mass is 35.5. The second kappa shape index (κ2) is 8.73. The van der Waals surface area contributed by atoms with Gasteiger partial charge < -0.3 is 0 Å². The smallest absolute Gasteiger partial charge is 0.155 e. The molecule has 0 fully saturated rings. The molecule has 6 aromatic rings. The number of fused-ring (bicyclic) bond motifs is 6. The third-order valence-corrected chi connectivity index (χ3v) is 9.30. The maximum Gasteiger partial charge on any atom is 0.155 e. The molecule has 5 aromatic carbocycles. The van der Waals surface area contributed by atoms with Gasteiger partial charge in [-0.25, -0.2) is 9.97 Å². The monoisotopic (exact) mass is 546 g/mol. The van der Waals surface area contributed by atoms with Crippen LogP contribution in [-0.2, 0) is 10.8 Å². The maximum atomic E-state index is 6.98. The summed E-state index contributed by atoms with van der Waals surface area (Å²) in [7, 11) is 0. The molecule has 41 heavy (non-hydrogen) atoms. The van der Waals surface area contributed by atoms with Crippen LogP contribution >= 0.6 is 11.6 Å². The van der Waals surface area contributed by atoms with Crippen molar-refractivity contribution < 1.29 is 0 Å². The van der Waals surface area contributed by atoms with Crippen molar-refractivity contribution in [2.45, 2.75) is 24.7 Å². The summed E-state index contributed by atoms with van der Waals surface area (Å²) in [6, 6.07) is 45.6. The van der Waals surface area contributed by atoms with E-state index in [1.807, 2.05) is 0 Å². The molecule has 1 aromatic heterocycles. The standard InChI is InChI=1S/C38H27ClN2/c1-37(2)30-19-11-10-18-29(30)34-35(37)41-36(39)33(40-34)24-21-22-28-27-17-9-12-20-31(27)38(32(28)23-24,25-13-5-3-6-14-25)26-15-7-4-8-16-26/h3-23H,1-2H3. The van der Waals surface area contributed by atoms with Crippen molar-refractivity contribution in [1.82, 2.24) is 9.97 Å². The quantitative estimate of drug-likeness (QED) is 0.220. The molecule has 2 aliphatic carbocycles. The van der Waals surface area contributed by atoms with Crippen LogP contribution in [0.3, 0.4) is 0 Å². The summed E-state index contributed by atoms with van der Waals surface area (Å²) in [5, 5.41) is 0.435. The molecule has 196 valence electrons. The van der Waals surface area contributed by atoms with Gasteiger partial charge in [0.05, 0.1) is 16.8 Å². The van der Waals surface area contributed by atoms with E-state index in [2.05, 4.69) is 141 Å². The normalized spacial score (nSPS) is 15.1. The van der Waals surface area contributed by atoms with Crippen molar-refractivity contribution in [3.63, 3.8) is 0 Å². The van der Waals surface area contributed by atoms with Gasteiger partial charge in [-0.15, -0.1) is 0 Å². The van der Waals surface area contributed by atoms with Crippen molar-refractivity contribution in [3.05, 3.63) is 166 Å². The van der Waals surface area contributed by atoms with E-state index in [-0.39, 0.29) is 5.41 Å². The largest absolute Gasteiger partial charge is 0.243 e. The minimum atomic E-state index is -0.477. The molecule has 0 atom stereocenters. The Morgan fingerprint density at radius 3 is 1.76 bits per heavy atom. The second-order valence-corrected chi connectivity index (χ2v) is 11.9. The lowest BCUT2D eigenvalue weighted by atomic mass is 9.67. The summed E-state index contributed by atoms with van der Waals surface area (Å²) in [6.45, 7) is 4.39. The summed E-state index contributed by atoms with van der Waals surface area (Å²) in [6.07, 6.45) is 0. The Morgan fingerprint density at radius 1 is 0.512 bits per heavy atom. The number of aromatic nitrogens is 2. The van der Waals surface area contributed by atoms with Crippen molar-refractivity contribution >= 4 is 11.6 Å². The Morgan fingerprint density at radius 2 is 1.07 bits per heavy atom. The summed E-state index contributed by atoms with van der Waals surface area (Å²) < 4.78 is 0. The Hall–Kier alpha value is -4.53. The number of rotatable bonds is 3. The summed E-state index contributed by atoms with van der Waals surface area (Å²) in [4.78, 5) is 10.2. The minimum absolute atomic E-state index is 0.254. The van der Waals surface area contributed by atoms with Crippen LogP contribution in [0.4, 0.5) is 0 Å². The van der Waals surface area contributed by atoms with E-state index in [4.69, 9.17) is 21.6 Å². The Balaban J connectivity index is 1.41. The zero-order chi connectivity index (χ0) is 27.8. The van der Waals surface area contributed by atoms with E-state index in [9.17, 15) is 0 Å². The van der Waals surface area contributed by atoms with Gasteiger partial charge in [-0.2, -0.15) is 0 Å². The molecule has 0 unspecified atom stereocenters. The fourth-order valence-electron chi connectivity index (χ4n) is 7.18. The van der Waals surface area contributed by atoms with Crippen LogP contribution in [0.25, 0.3) is 33.6 Å². The van der Waals surface area contributed by atoms with E-state index >= 15 is 0 Å². The van der Waals surface area contributed by atoms with Gasteiger partial charge in [0.1, 0.15) is 5.69 Å². The fourth-order valence-corrected chi connectivity index (χ4v) is 7.41. The molecule has 1 heterocycles. The summed E-state index contributed by atoms with van der Waals surface area (Å²) in [5.41, 5.74) is 12.6. The number of halogens is 1. The molecule has 0 N–H and O–H groups in total. The fraction of sp³-hybridized carbons (Fsp3) is 0.105. The predicted molar refractivity (Wildman–Crippen MR) is 167 cm³/mol. The third-order valence-electron chi connectivity index (χ3n) is 9.03. The maximum absolute atomic E-state index is 6.98. The first kappa shape index (κ1) is 24.3. The van der Waals surface area contributed by atoms with E-state index in [1.165, 1.54) is 38.9 Å². The SMILES string of the molecule is CC1(C)c2ccccc2-c2nc(-c3ccc4c(c3)C(c3ccccc3)(c3ccccc3)c3ccccc3-4)c(Cl)nc21. The van der Waals surface area contributed by atoms with Crippen LogP contribution in [0.2, 0.25) is 5.15 Å². The Kier molecular flexibility index (Phi) is 5.17. The van der Waals surface area contributed by atoms with E-state index in [1.54, 1.807) is 0 Å². The highest BCUT2D eigenvalue weighted by molar-refractivity contribution is 6.32. The van der Waals surface area contributed by atoms with Crippen LogP contribution in [0, 0.1) is 0 Å². The van der Waals surface area contributed by atoms with Gasteiger partial charge in [0.2, 0.25) is 0 Å². The molecule has 0 amide bonds. The van der Waals surface area contributed by atoms with Crippen molar-refractivity contribution in [1.29, 1.82) is 0 Å². The van der Waals surface area contributed by atoms with Crippen LogP contribution in [0.15, 0.2) is 127 Å². The van der Waals surface area contributed by atoms with E-state index in [0.717, 1.165) is 22.5 Å². The lowest BCUT2D eigenvalue weighted by molar-refractivity contribution is 0.635. The van der Waals surface area contributed by atoms with E-state index in [0.29, 0.717) is 10.8 Å². The minimum Gasteiger partial charge on any atom is -0.243 e. The van der Waals surface area contributed by atoms with Crippen molar-refractivity contribution in [2.24, 2.45) is 0 Å². The number of nitrogens with zero attached hydrogens (tertiary/aromatic N) is 2. The van der Waals surface area contributed by atoms with Gasteiger partial charge >= 0.3 is 0 Å². The Bertz CT molecular complexity index is 1940. The number of hydrogen-bond donors (Lipinski definition) is 0. The Labute approximate surface area is 245 Å². The lowest BCUT2D eigenvalue weighted by Crippen LogP contribution is -2.28. The summed E-state index contributed by atoms with van der Waals surface area (Å²) >= 11 is 6.98. The third kappa shape index (κ3) is 3.26. The number of benzene rings is 5. The molecule has 0 aliphatic heterocycles. The molecule has 0 saturated heterocycles. The second-order valence-electron chi connectivity index (χ2n) is 11.5.